The summed E-state index contributed by atoms with van der Waals surface area (Å²) < 4.78 is 5.22. The summed E-state index contributed by atoms with van der Waals surface area (Å²) in [5.74, 6) is 0.241. The van der Waals surface area contributed by atoms with Crippen LogP contribution in [0.25, 0.3) is 0 Å². The summed E-state index contributed by atoms with van der Waals surface area (Å²) in [4.78, 5) is 18.4. The smallest absolute Gasteiger partial charge is 0.292 e. The van der Waals surface area contributed by atoms with Crippen LogP contribution in [-0.2, 0) is 6.54 Å². The average Bonchev–Trinajstić information content (AvgIpc) is 3.17. The second kappa shape index (κ2) is 5.00. The van der Waals surface area contributed by atoms with E-state index in [4.69, 9.17) is 10.2 Å². The maximum absolute atomic E-state index is 12.6. The second-order valence-electron chi connectivity index (χ2n) is 5.18. The number of nitrogens with two attached hydrogens (primary N) is 1. The maximum Gasteiger partial charge on any atom is 0.292 e. The van der Waals surface area contributed by atoms with Crippen molar-refractivity contribution in [2.24, 2.45) is 0 Å². The van der Waals surface area contributed by atoms with Gasteiger partial charge in [-0.2, -0.15) is 0 Å². The van der Waals surface area contributed by atoms with Crippen LogP contribution in [0.2, 0.25) is 0 Å². The number of nitrogen functional groups attached to an aromatic ring is 1. The SMILES string of the molecule is Cc1ncoc1C(=O)N(Cc1cccc(N)c1)C1CC1. The van der Waals surface area contributed by atoms with E-state index < -0.39 is 0 Å². The monoisotopic (exact) mass is 271 g/mol. The molecule has 0 atom stereocenters. The van der Waals surface area contributed by atoms with E-state index in [9.17, 15) is 4.79 Å². The topological polar surface area (TPSA) is 72.4 Å². The third-order valence-corrected chi connectivity index (χ3v) is 3.49. The minimum Gasteiger partial charge on any atom is -0.438 e. The Hall–Kier alpha value is -2.30. The Morgan fingerprint density at radius 1 is 1.50 bits per heavy atom. The molecule has 0 spiro atoms. The first-order valence-corrected chi connectivity index (χ1v) is 6.70. The lowest BCUT2D eigenvalue weighted by Gasteiger charge is -2.21. The molecule has 1 aliphatic rings. The number of oxazole rings is 1. The fourth-order valence-corrected chi connectivity index (χ4v) is 2.28. The van der Waals surface area contributed by atoms with Gasteiger partial charge in [-0.1, -0.05) is 12.1 Å². The predicted octanol–water partition coefficient (Wildman–Crippen LogP) is 2.37. The molecule has 0 unspecified atom stereocenters. The Kier molecular flexibility index (Phi) is 3.18. The molecular formula is C15H17N3O2. The van der Waals surface area contributed by atoms with Gasteiger partial charge in [0.15, 0.2) is 6.39 Å². The quantitative estimate of drug-likeness (QED) is 0.866. The Bertz CT molecular complexity index is 632. The van der Waals surface area contributed by atoms with Crippen molar-refractivity contribution in [1.82, 2.24) is 9.88 Å². The van der Waals surface area contributed by atoms with Crippen LogP contribution in [0, 0.1) is 6.92 Å². The van der Waals surface area contributed by atoms with Crippen LogP contribution in [0.5, 0.6) is 0 Å². The number of nitrogens with zero attached hydrogens (tertiary/aromatic N) is 2. The first-order chi connectivity index (χ1) is 9.65. The van der Waals surface area contributed by atoms with Gasteiger partial charge in [0.1, 0.15) is 0 Å². The van der Waals surface area contributed by atoms with Crippen LogP contribution in [0.4, 0.5) is 5.69 Å². The lowest BCUT2D eigenvalue weighted by atomic mass is 10.2. The molecule has 1 aromatic heterocycles. The van der Waals surface area contributed by atoms with E-state index in [1.807, 2.05) is 29.2 Å². The van der Waals surface area contributed by atoms with E-state index in [0.29, 0.717) is 29.7 Å². The molecular weight excluding hydrogens is 254 g/mol. The molecule has 1 fully saturated rings. The van der Waals surface area contributed by atoms with Crippen molar-refractivity contribution in [1.29, 1.82) is 0 Å². The number of anilines is 1. The van der Waals surface area contributed by atoms with Crippen LogP contribution in [0.3, 0.4) is 0 Å². The van der Waals surface area contributed by atoms with Gasteiger partial charge in [0, 0.05) is 18.3 Å². The first kappa shape index (κ1) is 12.7. The van der Waals surface area contributed by atoms with Gasteiger partial charge in [-0.25, -0.2) is 4.98 Å². The van der Waals surface area contributed by atoms with Crippen molar-refractivity contribution in [2.45, 2.75) is 32.4 Å². The molecule has 0 saturated heterocycles. The Morgan fingerprint density at radius 3 is 2.90 bits per heavy atom. The predicted molar refractivity (Wildman–Crippen MR) is 75.0 cm³/mol. The molecule has 2 aromatic rings. The zero-order valence-corrected chi connectivity index (χ0v) is 11.4. The number of hydrogen-bond acceptors (Lipinski definition) is 4. The third kappa shape index (κ3) is 2.52. The minimum atomic E-state index is -0.0927. The molecule has 104 valence electrons. The zero-order valence-electron chi connectivity index (χ0n) is 11.4. The van der Waals surface area contributed by atoms with Crippen molar-refractivity contribution in [3.63, 3.8) is 0 Å². The second-order valence-corrected chi connectivity index (χ2v) is 5.18. The van der Waals surface area contributed by atoms with Crippen LogP contribution < -0.4 is 5.73 Å². The molecule has 0 radical (unpaired) electrons. The highest BCUT2D eigenvalue weighted by atomic mass is 16.3. The highest BCUT2D eigenvalue weighted by molar-refractivity contribution is 5.92. The molecule has 1 amide bonds. The van der Waals surface area contributed by atoms with Gasteiger partial charge in [0.25, 0.3) is 5.91 Å². The summed E-state index contributed by atoms with van der Waals surface area (Å²) >= 11 is 0. The van der Waals surface area contributed by atoms with Crippen LogP contribution >= 0.6 is 0 Å². The van der Waals surface area contributed by atoms with E-state index >= 15 is 0 Å². The number of benzene rings is 1. The molecule has 20 heavy (non-hydrogen) atoms. The third-order valence-electron chi connectivity index (χ3n) is 3.49. The fraction of sp³-hybridized carbons (Fsp3) is 0.333. The average molecular weight is 271 g/mol. The van der Waals surface area contributed by atoms with E-state index in [1.54, 1.807) is 6.92 Å². The van der Waals surface area contributed by atoms with Gasteiger partial charge in [-0.3, -0.25) is 4.79 Å². The Labute approximate surface area is 117 Å². The zero-order chi connectivity index (χ0) is 14.1. The van der Waals surface area contributed by atoms with Crippen molar-refractivity contribution in [2.75, 3.05) is 5.73 Å². The molecule has 1 saturated carbocycles. The van der Waals surface area contributed by atoms with E-state index in [1.165, 1.54) is 6.39 Å². The first-order valence-electron chi connectivity index (χ1n) is 6.70. The summed E-state index contributed by atoms with van der Waals surface area (Å²) in [6, 6.07) is 7.92. The molecule has 0 bridgehead atoms. The molecule has 5 nitrogen and oxygen atoms in total. The molecule has 1 heterocycles. The van der Waals surface area contributed by atoms with Gasteiger partial charge < -0.3 is 15.1 Å². The summed E-state index contributed by atoms with van der Waals surface area (Å²) in [7, 11) is 0. The number of amides is 1. The van der Waals surface area contributed by atoms with Gasteiger partial charge >= 0.3 is 0 Å². The lowest BCUT2D eigenvalue weighted by Crippen LogP contribution is -2.32. The molecule has 3 rings (SSSR count). The number of carbonyl (C=O) groups is 1. The van der Waals surface area contributed by atoms with Gasteiger partial charge in [-0.05, 0) is 37.5 Å². The van der Waals surface area contributed by atoms with Crippen molar-refractivity contribution < 1.29 is 9.21 Å². The maximum atomic E-state index is 12.6. The fourth-order valence-electron chi connectivity index (χ4n) is 2.28. The summed E-state index contributed by atoms with van der Waals surface area (Å²) in [5, 5.41) is 0. The number of aryl methyl sites for hydroxylation is 1. The van der Waals surface area contributed by atoms with Crippen LogP contribution in [-0.4, -0.2) is 21.8 Å². The van der Waals surface area contributed by atoms with Crippen LogP contribution in [0.15, 0.2) is 35.1 Å². The summed E-state index contributed by atoms with van der Waals surface area (Å²) in [6.45, 7) is 2.33. The van der Waals surface area contributed by atoms with Crippen molar-refractivity contribution in [3.05, 3.63) is 47.7 Å². The molecule has 1 aliphatic carbocycles. The number of aromatic nitrogens is 1. The standard InChI is InChI=1S/C15H17N3O2/c1-10-14(20-9-17-10)15(19)18(13-5-6-13)8-11-3-2-4-12(16)7-11/h2-4,7,9,13H,5-6,8,16H2,1H3. The van der Waals surface area contributed by atoms with E-state index in [2.05, 4.69) is 4.98 Å². The summed E-state index contributed by atoms with van der Waals surface area (Å²) in [6.07, 6.45) is 3.40. The minimum absolute atomic E-state index is 0.0927. The van der Waals surface area contributed by atoms with Crippen molar-refractivity contribution >= 4 is 11.6 Å². The van der Waals surface area contributed by atoms with Gasteiger partial charge in [-0.15, -0.1) is 0 Å². The van der Waals surface area contributed by atoms with E-state index in [0.717, 1.165) is 18.4 Å². The Morgan fingerprint density at radius 2 is 2.30 bits per heavy atom. The normalized spacial score (nSPS) is 14.2. The number of rotatable bonds is 4. The highest BCUT2D eigenvalue weighted by Gasteiger charge is 2.35. The van der Waals surface area contributed by atoms with Crippen LogP contribution in [0.1, 0.15) is 34.7 Å². The highest BCUT2D eigenvalue weighted by Crippen LogP contribution is 2.30. The molecule has 0 aliphatic heterocycles. The molecule has 2 N–H and O–H groups in total. The summed E-state index contributed by atoms with van der Waals surface area (Å²) in [5.41, 5.74) is 8.16. The Balaban J connectivity index is 1.83. The largest absolute Gasteiger partial charge is 0.438 e. The van der Waals surface area contributed by atoms with Gasteiger partial charge in [0.05, 0.1) is 5.69 Å². The molecule has 5 heteroatoms. The molecule has 1 aromatic carbocycles. The van der Waals surface area contributed by atoms with Gasteiger partial charge in [0.2, 0.25) is 5.76 Å². The number of hydrogen-bond donors (Lipinski definition) is 1. The van der Waals surface area contributed by atoms with Crippen molar-refractivity contribution in [3.8, 4) is 0 Å². The van der Waals surface area contributed by atoms with E-state index in [-0.39, 0.29) is 5.91 Å². The number of carbonyl (C=O) groups excluding carboxylic acids is 1. The lowest BCUT2D eigenvalue weighted by molar-refractivity contribution is 0.0696.